The summed E-state index contributed by atoms with van der Waals surface area (Å²) in [6.45, 7) is 6.12. The van der Waals surface area contributed by atoms with Crippen molar-refractivity contribution in [2.45, 2.75) is 33.2 Å². The molecule has 2 N–H and O–H groups in total. The van der Waals surface area contributed by atoms with Gasteiger partial charge in [-0.2, -0.15) is 5.10 Å². The standard InChI is InChI=1S/C17H32N6O2/c1-7-14-13(15(8-2)23(5)21-14)11-19-17(18-9-10-25-6)20-12-16(24)22(3)4/h7-12H2,1-6H3,(H2,18,19,20). The molecule has 8 heteroatoms. The molecule has 0 atom stereocenters. The van der Waals surface area contributed by atoms with E-state index in [9.17, 15) is 4.79 Å². The van der Waals surface area contributed by atoms with E-state index in [1.54, 1.807) is 26.1 Å². The van der Waals surface area contributed by atoms with E-state index in [-0.39, 0.29) is 12.5 Å². The number of hydrogen-bond acceptors (Lipinski definition) is 4. The van der Waals surface area contributed by atoms with Gasteiger partial charge in [-0.05, 0) is 12.8 Å². The highest BCUT2D eigenvalue weighted by molar-refractivity contribution is 5.86. The smallest absolute Gasteiger partial charge is 0.241 e. The van der Waals surface area contributed by atoms with Crippen molar-refractivity contribution in [2.75, 3.05) is 40.9 Å². The third-order valence-corrected chi connectivity index (χ3v) is 3.93. The number of hydrogen-bond donors (Lipinski definition) is 2. The number of aromatic nitrogens is 2. The Morgan fingerprint density at radius 1 is 1.28 bits per heavy atom. The van der Waals surface area contributed by atoms with Crippen LogP contribution in [0, 0.1) is 0 Å². The zero-order chi connectivity index (χ0) is 18.8. The number of amides is 1. The van der Waals surface area contributed by atoms with Crippen LogP contribution in [0.25, 0.3) is 0 Å². The van der Waals surface area contributed by atoms with Gasteiger partial charge < -0.3 is 20.3 Å². The van der Waals surface area contributed by atoms with Crippen LogP contribution >= 0.6 is 0 Å². The molecule has 1 amide bonds. The summed E-state index contributed by atoms with van der Waals surface area (Å²) < 4.78 is 7.00. The number of methoxy groups -OCH3 is 1. The van der Waals surface area contributed by atoms with Crippen molar-refractivity contribution >= 4 is 11.9 Å². The van der Waals surface area contributed by atoms with Crippen molar-refractivity contribution in [1.29, 1.82) is 0 Å². The van der Waals surface area contributed by atoms with E-state index in [1.165, 1.54) is 11.3 Å². The molecule has 0 saturated carbocycles. The van der Waals surface area contributed by atoms with Gasteiger partial charge in [0.05, 0.1) is 25.4 Å². The monoisotopic (exact) mass is 352 g/mol. The van der Waals surface area contributed by atoms with Gasteiger partial charge in [0.2, 0.25) is 5.91 Å². The molecule has 0 aliphatic rings. The average Bonchev–Trinajstić information content (AvgIpc) is 2.91. The van der Waals surface area contributed by atoms with E-state index in [1.807, 2.05) is 11.7 Å². The van der Waals surface area contributed by atoms with Crippen molar-refractivity contribution < 1.29 is 9.53 Å². The molecule has 0 saturated heterocycles. The second-order valence-corrected chi connectivity index (χ2v) is 5.93. The number of nitrogens with one attached hydrogen (secondary N) is 2. The largest absolute Gasteiger partial charge is 0.383 e. The van der Waals surface area contributed by atoms with Crippen molar-refractivity contribution in [2.24, 2.45) is 12.0 Å². The number of guanidine groups is 1. The fraction of sp³-hybridized carbons (Fsp3) is 0.706. The van der Waals surface area contributed by atoms with Gasteiger partial charge in [0.1, 0.15) is 0 Å². The Kier molecular flexibility index (Phi) is 8.98. The number of likely N-dealkylation sites (N-methyl/N-ethyl adjacent to an activating group) is 1. The van der Waals surface area contributed by atoms with Gasteiger partial charge in [0.25, 0.3) is 0 Å². The molecule has 1 aromatic heterocycles. The zero-order valence-corrected chi connectivity index (χ0v) is 16.3. The van der Waals surface area contributed by atoms with Crippen molar-refractivity contribution in [3.05, 3.63) is 17.0 Å². The van der Waals surface area contributed by atoms with Crippen molar-refractivity contribution in [3.8, 4) is 0 Å². The SMILES string of the molecule is CCc1nn(C)c(CC)c1CN=C(NCCOC)NCC(=O)N(C)C. The van der Waals surface area contributed by atoms with Gasteiger partial charge in [-0.3, -0.25) is 9.48 Å². The van der Waals surface area contributed by atoms with Crippen LogP contribution in [0.3, 0.4) is 0 Å². The Labute approximate surface area is 150 Å². The van der Waals surface area contributed by atoms with Gasteiger partial charge in [0, 0.05) is 46.1 Å². The Hall–Kier alpha value is -2.09. The predicted octanol–water partition coefficient (Wildman–Crippen LogP) is 0.315. The van der Waals surface area contributed by atoms with Gasteiger partial charge in [0.15, 0.2) is 5.96 Å². The van der Waals surface area contributed by atoms with Crippen LogP contribution in [0.2, 0.25) is 0 Å². The van der Waals surface area contributed by atoms with Gasteiger partial charge in [-0.15, -0.1) is 0 Å². The summed E-state index contributed by atoms with van der Waals surface area (Å²) in [5.41, 5.74) is 3.43. The fourth-order valence-corrected chi connectivity index (χ4v) is 2.49. The first kappa shape index (κ1) is 21.0. The number of ether oxygens (including phenoxy) is 1. The lowest BCUT2D eigenvalue weighted by molar-refractivity contribution is -0.127. The second kappa shape index (κ2) is 10.7. The quantitative estimate of drug-likeness (QED) is 0.380. The van der Waals surface area contributed by atoms with Crippen LogP contribution in [-0.2, 0) is 36.0 Å². The molecular weight excluding hydrogens is 320 g/mol. The number of nitrogens with zero attached hydrogens (tertiary/aromatic N) is 4. The minimum absolute atomic E-state index is 0.00823. The van der Waals surface area contributed by atoms with E-state index in [0.29, 0.717) is 25.7 Å². The molecule has 0 aliphatic carbocycles. The third kappa shape index (κ3) is 6.38. The molecule has 1 rings (SSSR count). The maximum absolute atomic E-state index is 11.8. The molecule has 0 fully saturated rings. The topological polar surface area (TPSA) is 83.8 Å². The average molecular weight is 352 g/mol. The molecule has 25 heavy (non-hydrogen) atoms. The molecule has 0 spiro atoms. The molecule has 0 aromatic carbocycles. The minimum atomic E-state index is -0.00823. The van der Waals surface area contributed by atoms with Crippen molar-refractivity contribution in [1.82, 2.24) is 25.3 Å². The minimum Gasteiger partial charge on any atom is -0.383 e. The summed E-state index contributed by atoms with van der Waals surface area (Å²) in [4.78, 5) is 18.0. The summed E-state index contributed by atoms with van der Waals surface area (Å²) in [7, 11) is 7.08. The maximum Gasteiger partial charge on any atom is 0.241 e. The lowest BCUT2D eigenvalue weighted by atomic mass is 10.1. The Balaban J connectivity index is 2.88. The molecule has 0 aliphatic heterocycles. The van der Waals surface area contributed by atoms with Crippen LogP contribution in [-0.4, -0.2) is 67.4 Å². The summed E-state index contributed by atoms with van der Waals surface area (Å²) in [6.07, 6.45) is 1.78. The van der Waals surface area contributed by atoms with Crippen LogP contribution in [0.1, 0.15) is 30.8 Å². The van der Waals surface area contributed by atoms with Crippen molar-refractivity contribution in [3.63, 3.8) is 0 Å². The first-order chi connectivity index (χ1) is 11.9. The number of rotatable bonds is 9. The molecule has 0 bridgehead atoms. The van der Waals surface area contributed by atoms with E-state index in [4.69, 9.17) is 4.74 Å². The molecule has 0 radical (unpaired) electrons. The molecule has 0 unspecified atom stereocenters. The normalized spacial score (nSPS) is 11.5. The Morgan fingerprint density at radius 3 is 2.56 bits per heavy atom. The van der Waals surface area contributed by atoms with E-state index in [0.717, 1.165) is 18.5 Å². The summed E-state index contributed by atoms with van der Waals surface area (Å²) in [5.74, 6) is 0.589. The predicted molar refractivity (Wildman–Crippen MR) is 99.7 cm³/mol. The van der Waals surface area contributed by atoms with Crippen LogP contribution < -0.4 is 10.6 Å². The molecule has 8 nitrogen and oxygen atoms in total. The number of carbonyl (C=O) groups is 1. The van der Waals surface area contributed by atoms with Gasteiger partial charge in [-0.25, -0.2) is 4.99 Å². The Bertz CT molecular complexity index is 580. The number of carbonyl (C=O) groups excluding carboxylic acids is 1. The maximum atomic E-state index is 11.8. The van der Waals surface area contributed by atoms with Crippen LogP contribution in [0.15, 0.2) is 4.99 Å². The first-order valence-electron chi connectivity index (χ1n) is 8.69. The lowest BCUT2D eigenvalue weighted by Crippen LogP contribution is -2.43. The zero-order valence-electron chi connectivity index (χ0n) is 16.3. The van der Waals surface area contributed by atoms with E-state index < -0.39 is 0 Å². The van der Waals surface area contributed by atoms with E-state index >= 15 is 0 Å². The van der Waals surface area contributed by atoms with E-state index in [2.05, 4.69) is 34.6 Å². The lowest BCUT2D eigenvalue weighted by Gasteiger charge is -2.15. The van der Waals surface area contributed by atoms with Crippen LogP contribution in [0.5, 0.6) is 0 Å². The highest BCUT2D eigenvalue weighted by Crippen LogP contribution is 2.16. The van der Waals surface area contributed by atoms with Gasteiger partial charge >= 0.3 is 0 Å². The molecule has 142 valence electrons. The first-order valence-corrected chi connectivity index (χ1v) is 8.69. The molecule has 1 heterocycles. The van der Waals surface area contributed by atoms with Gasteiger partial charge in [-0.1, -0.05) is 13.8 Å². The molecular formula is C17H32N6O2. The second-order valence-electron chi connectivity index (χ2n) is 5.93. The highest BCUT2D eigenvalue weighted by atomic mass is 16.5. The Morgan fingerprint density at radius 2 is 2.00 bits per heavy atom. The van der Waals surface area contributed by atoms with Crippen LogP contribution in [0.4, 0.5) is 0 Å². The fourth-order valence-electron chi connectivity index (χ4n) is 2.49. The number of aliphatic imine (C=N–C) groups is 1. The summed E-state index contributed by atoms with van der Waals surface area (Å²) in [5, 5.41) is 10.8. The highest BCUT2D eigenvalue weighted by Gasteiger charge is 2.13. The number of aryl methyl sites for hydroxylation is 2. The summed E-state index contributed by atoms with van der Waals surface area (Å²) >= 11 is 0. The third-order valence-electron chi connectivity index (χ3n) is 3.93. The molecule has 1 aromatic rings. The summed E-state index contributed by atoms with van der Waals surface area (Å²) in [6, 6.07) is 0.